The molecule has 1 N–H and O–H groups in total. The van der Waals surface area contributed by atoms with Crippen molar-refractivity contribution in [3.63, 3.8) is 0 Å². The maximum Gasteiger partial charge on any atom is 0.0441 e. The van der Waals surface area contributed by atoms with Crippen LogP contribution in [-0.2, 0) is 0 Å². The van der Waals surface area contributed by atoms with Crippen molar-refractivity contribution in [3.05, 3.63) is 33.8 Å². The van der Waals surface area contributed by atoms with Gasteiger partial charge in [0.05, 0.1) is 0 Å². The van der Waals surface area contributed by atoms with E-state index in [1.165, 1.54) is 36.0 Å². The molecular weight excluding hydrogens is 206 g/mol. The molecule has 1 aromatic carbocycles. The van der Waals surface area contributed by atoms with Crippen molar-refractivity contribution in [3.8, 4) is 0 Å². The summed E-state index contributed by atoms with van der Waals surface area (Å²) in [4.78, 5) is 0. The zero-order chi connectivity index (χ0) is 10.8. The molecule has 0 bridgehead atoms. The third-order valence-electron chi connectivity index (χ3n) is 3.34. The molecule has 1 heterocycles. The third-order valence-corrected chi connectivity index (χ3v) is 3.73. The lowest BCUT2D eigenvalue weighted by Crippen LogP contribution is -2.26. The van der Waals surface area contributed by atoms with Crippen LogP contribution in [0.3, 0.4) is 0 Å². The van der Waals surface area contributed by atoms with E-state index in [0.29, 0.717) is 6.04 Å². The van der Waals surface area contributed by atoms with Gasteiger partial charge in [0.25, 0.3) is 0 Å². The molecule has 1 nitrogen and oxygen atoms in total. The summed E-state index contributed by atoms with van der Waals surface area (Å²) < 4.78 is 0. The van der Waals surface area contributed by atoms with Crippen LogP contribution in [0, 0.1) is 13.8 Å². The minimum Gasteiger partial charge on any atom is -0.310 e. The Labute approximate surface area is 96.8 Å². The number of hydrogen-bond donors (Lipinski definition) is 1. The molecule has 2 heteroatoms. The van der Waals surface area contributed by atoms with Gasteiger partial charge in [-0.1, -0.05) is 24.1 Å². The lowest BCUT2D eigenvalue weighted by molar-refractivity contribution is 0.412. The number of hydrogen-bond acceptors (Lipinski definition) is 1. The molecule has 0 spiro atoms. The molecule has 15 heavy (non-hydrogen) atoms. The summed E-state index contributed by atoms with van der Waals surface area (Å²) in [7, 11) is 0. The summed E-state index contributed by atoms with van der Waals surface area (Å²) in [5.41, 5.74) is 3.85. The first kappa shape index (κ1) is 11.0. The maximum absolute atomic E-state index is 6.21. The highest BCUT2D eigenvalue weighted by Crippen LogP contribution is 2.28. The smallest absolute Gasteiger partial charge is 0.0441 e. The molecular formula is C13H18ClN. The predicted octanol–water partition coefficient (Wildman–Crippen LogP) is 3.77. The van der Waals surface area contributed by atoms with Crippen LogP contribution in [0.25, 0.3) is 0 Å². The van der Waals surface area contributed by atoms with Gasteiger partial charge in [0, 0.05) is 11.1 Å². The monoisotopic (exact) mass is 223 g/mol. The molecule has 1 atom stereocenters. The fourth-order valence-electron chi connectivity index (χ4n) is 2.18. The van der Waals surface area contributed by atoms with Crippen LogP contribution in [-0.4, -0.2) is 6.54 Å². The zero-order valence-corrected chi connectivity index (χ0v) is 10.2. The Morgan fingerprint density at radius 1 is 1.27 bits per heavy atom. The van der Waals surface area contributed by atoms with Crippen molar-refractivity contribution in [1.29, 1.82) is 0 Å². The fourth-order valence-corrected chi connectivity index (χ4v) is 2.46. The number of benzene rings is 1. The van der Waals surface area contributed by atoms with E-state index in [0.717, 1.165) is 11.6 Å². The quantitative estimate of drug-likeness (QED) is 0.764. The van der Waals surface area contributed by atoms with Gasteiger partial charge in [-0.2, -0.15) is 0 Å². The van der Waals surface area contributed by atoms with Crippen LogP contribution in [0.15, 0.2) is 12.1 Å². The highest BCUT2D eigenvalue weighted by atomic mass is 35.5. The molecule has 0 amide bonds. The fraction of sp³-hybridized carbons (Fsp3) is 0.538. The van der Waals surface area contributed by atoms with Crippen molar-refractivity contribution >= 4 is 11.6 Å². The molecule has 1 unspecified atom stereocenters. The Morgan fingerprint density at radius 2 is 2.07 bits per heavy atom. The van der Waals surface area contributed by atoms with Crippen molar-refractivity contribution in [1.82, 2.24) is 5.32 Å². The van der Waals surface area contributed by atoms with Gasteiger partial charge in [0.2, 0.25) is 0 Å². The Kier molecular flexibility index (Phi) is 3.32. The summed E-state index contributed by atoms with van der Waals surface area (Å²) in [6.07, 6.45) is 3.86. The van der Waals surface area contributed by atoms with Crippen LogP contribution < -0.4 is 5.32 Å². The van der Waals surface area contributed by atoms with Crippen LogP contribution in [0.5, 0.6) is 0 Å². The Hall–Kier alpha value is -0.530. The minimum absolute atomic E-state index is 0.510. The second-order valence-corrected chi connectivity index (χ2v) is 4.85. The second-order valence-electron chi connectivity index (χ2n) is 4.45. The van der Waals surface area contributed by atoms with Crippen molar-refractivity contribution in [2.24, 2.45) is 0 Å². The van der Waals surface area contributed by atoms with Crippen LogP contribution >= 0.6 is 11.6 Å². The second kappa shape index (κ2) is 4.54. The summed E-state index contributed by atoms with van der Waals surface area (Å²) in [5.74, 6) is 0. The number of halogens is 1. The van der Waals surface area contributed by atoms with E-state index in [9.17, 15) is 0 Å². The van der Waals surface area contributed by atoms with Gasteiger partial charge in [-0.15, -0.1) is 0 Å². The van der Waals surface area contributed by atoms with Gasteiger partial charge in [-0.3, -0.25) is 0 Å². The van der Waals surface area contributed by atoms with Crippen LogP contribution in [0.1, 0.15) is 42.0 Å². The largest absolute Gasteiger partial charge is 0.310 e. The van der Waals surface area contributed by atoms with Gasteiger partial charge < -0.3 is 5.32 Å². The first-order valence-corrected chi connectivity index (χ1v) is 6.06. The van der Waals surface area contributed by atoms with Crippen LogP contribution in [0.2, 0.25) is 5.02 Å². The first-order valence-electron chi connectivity index (χ1n) is 5.68. The number of aryl methyl sites for hydroxylation is 1. The SMILES string of the molecule is Cc1cc(C2CCCCN2)cc(Cl)c1C. The highest BCUT2D eigenvalue weighted by molar-refractivity contribution is 6.31. The van der Waals surface area contributed by atoms with E-state index in [-0.39, 0.29) is 0 Å². The summed E-state index contributed by atoms with van der Waals surface area (Å²) >= 11 is 6.21. The molecule has 0 aliphatic carbocycles. The summed E-state index contributed by atoms with van der Waals surface area (Å²) in [6, 6.07) is 4.90. The maximum atomic E-state index is 6.21. The first-order chi connectivity index (χ1) is 7.18. The highest BCUT2D eigenvalue weighted by Gasteiger charge is 2.15. The van der Waals surface area contributed by atoms with Gasteiger partial charge in [-0.05, 0) is 56.0 Å². The van der Waals surface area contributed by atoms with E-state index >= 15 is 0 Å². The summed E-state index contributed by atoms with van der Waals surface area (Å²) in [5, 5.41) is 4.45. The van der Waals surface area contributed by atoms with E-state index < -0.39 is 0 Å². The Morgan fingerprint density at radius 3 is 2.67 bits per heavy atom. The third kappa shape index (κ3) is 2.35. The molecule has 0 radical (unpaired) electrons. The van der Waals surface area contributed by atoms with E-state index in [1.54, 1.807) is 0 Å². The number of nitrogens with one attached hydrogen (secondary N) is 1. The normalized spacial score (nSPS) is 21.7. The topological polar surface area (TPSA) is 12.0 Å². The summed E-state index contributed by atoms with van der Waals surface area (Å²) in [6.45, 7) is 5.35. The van der Waals surface area contributed by atoms with Crippen molar-refractivity contribution < 1.29 is 0 Å². The average molecular weight is 224 g/mol. The molecule has 1 aromatic rings. The predicted molar refractivity (Wildman–Crippen MR) is 65.5 cm³/mol. The van der Waals surface area contributed by atoms with Gasteiger partial charge >= 0.3 is 0 Å². The number of rotatable bonds is 1. The average Bonchev–Trinajstić information content (AvgIpc) is 2.26. The number of piperidine rings is 1. The Bertz CT molecular complexity index is 331. The zero-order valence-electron chi connectivity index (χ0n) is 9.44. The van der Waals surface area contributed by atoms with E-state index in [1.807, 2.05) is 0 Å². The molecule has 1 aliphatic heterocycles. The molecule has 0 saturated carbocycles. The minimum atomic E-state index is 0.510. The van der Waals surface area contributed by atoms with Crippen molar-refractivity contribution in [2.45, 2.75) is 39.2 Å². The van der Waals surface area contributed by atoms with E-state index in [4.69, 9.17) is 11.6 Å². The van der Waals surface area contributed by atoms with Crippen LogP contribution in [0.4, 0.5) is 0 Å². The lowest BCUT2D eigenvalue weighted by Gasteiger charge is -2.24. The van der Waals surface area contributed by atoms with E-state index in [2.05, 4.69) is 31.3 Å². The molecule has 1 saturated heterocycles. The Balaban J connectivity index is 2.27. The molecule has 1 fully saturated rings. The molecule has 82 valence electrons. The molecule has 2 rings (SSSR count). The van der Waals surface area contributed by atoms with Gasteiger partial charge in [0.1, 0.15) is 0 Å². The standard InChI is InChI=1S/C13H18ClN/c1-9-7-11(8-12(14)10(9)2)13-5-3-4-6-15-13/h7-8,13,15H,3-6H2,1-2H3. The molecule has 1 aliphatic rings. The van der Waals surface area contributed by atoms with Gasteiger partial charge in [0.15, 0.2) is 0 Å². The van der Waals surface area contributed by atoms with Crippen molar-refractivity contribution in [2.75, 3.05) is 6.54 Å². The lowest BCUT2D eigenvalue weighted by atomic mass is 9.95. The molecule has 0 aromatic heterocycles. The van der Waals surface area contributed by atoms with Gasteiger partial charge in [-0.25, -0.2) is 0 Å².